The van der Waals surface area contributed by atoms with Crippen LogP contribution in [0.15, 0.2) is 30.3 Å². The zero-order chi connectivity index (χ0) is 15.4. The Hall–Kier alpha value is -1.71. The van der Waals surface area contributed by atoms with E-state index in [-0.39, 0.29) is 0 Å². The van der Waals surface area contributed by atoms with Gasteiger partial charge in [0.1, 0.15) is 0 Å². The molecule has 3 nitrogen and oxygen atoms in total. The molecule has 0 atom stereocenters. The van der Waals surface area contributed by atoms with Crippen molar-refractivity contribution < 1.29 is 0 Å². The van der Waals surface area contributed by atoms with E-state index in [1.54, 1.807) is 0 Å². The largest absolute Gasteiger partial charge is 0.326 e. The molecule has 21 heavy (non-hydrogen) atoms. The molecule has 0 spiro atoms. The zero-order valence-corrected chi connectivity index (χ0v) is 13.2. The second-order valence-electron chi connectivity index (χ2n) is 5.93. The van der Waals surface area contributed by atoms with Crippen LogP contribution in [0.2, 0.25) is 0 Å². The summed E-state index contributed by atoms with van der Waals surface area (Å²) in [5, 5.41) is 0. The molecule has 0 amide bonds. The molecule has 0 aliphatic rings. The lowest BCUT2D eigenvalue weighted by molar-refractivity contribution is 0.633. The number of benzene rings is 1. The first kappa shape index (κ1) is 15.7. The number of rotatable bonds is 5. The number of nitrogens with zero attached hydrogens (tertiary/aromatic N) is 1. The Morgan fingerprint density at radius 1 is 1.05 bits per heavy atom. The van der Waals surface area contributed by atoms with Gasteiger partial charge in [-0.2, -0.15) is 0 Å². The van der Waals surface area contributed by atoms with E-state index in [0.717, 1.165) is 28.9 Å². The van der Waals surface area contributed by atoms with Gasteiger partial charge in [0.2, 0.25) is 0 Å². The maximum Gasteiger partial charge on any atom is 0.0427 e. The smallest absolute Gasteiger partial charge is 0.0427 e. The first-order valence-corrected chi connectivity index (χ1v) is 7.54. The molecular formula is C18H25N3. The van der Waals surface area contributed by atoms with Gasteiger partial charge in [-0.25, -0.2) is 0 Å². The molecule has 0 unspecified atom stereocenters. The second-order valence-corrected chi connectivity index (χ2v) is 5.93. The third-order valence-corrected chi connectivity index (χ3v) is 3.71. The Balaban J connectivity index is 2.50. The normalized spacial score (nSPS) is 11.1. The van der Waals surface area contributed by atoms with E-state index in [9.17, 15) is 0 Å². The fourth-order valence-electron chi connectivity index (χ4n) is 2.62. The second kappa shape index (κ2) is 6.83. The minimum absolute atomic E-state index is 0.509. The lowest BCUT2D eigenvalue weighted by Crippen LogP contribution is -2.07. The molecule has 0 saturated heterocycles. The van der Waals surface area contributed by atoms with Crippen molar-refractivity contribution in [2.75, 3.05) is 0 Å². The third-order valence-electron chi connectivity index (χ3n) is 3.71. The quantitative estimate of drug-likeness (QED) is 0.885. The van der Waals surface area contributed by atoms with Gasteiger partial charge in [0.25, 0.3) is 0 Å². The average Bonchev–Trinajstić information content (AvgIpc) is 2.46. The molecule has 2 rings (SSSR count). The number of nitrogens with two attached hydrogens (primary N) is 2. The molecule has 3 heteroatoms. The van der Waals surface area contributed by atoms with Crippen LogP contribution >= 0.6 is 0 Å². The van der Waals surface area contributed by atoms with E-state index in [1.165, 1.54) is 11.1 Å². The van der Waals surface area contributed by atoms with Crippen molar-refractivity contribution in [3.05, 3.63) is 52.8 Å². The Morgan fingerprint density at radius 3 is 2.24 bits per heavy atom. The van der Waals surface area contributed by atoms with E-state index in [2.05, 4.69) is 44.2 Å². The van der Waals surface area contributed by atoms with Gasteiger partial charge < -0.3 is 11.5 Å². The molecule has 1 aromatic heterocycles. The molecule has 0 aliphatic heterocycles. The summed E-state index contributed by atoms with van der Waals surface area (Å²) in [5.74, 6) is 0.591. The monoisotopic (exact) mass is 283 g/mol. The highest BCUT2D eigenvalue weighted by Gasteiger charge is 2.11. The predicted molar refractivity (Wildman–Crippen MR) is 88.7 cm³/mol. The molecule has 112 valence electrons. The molecule has 2 aromatic rings. The Kier molecular flexibility index (Phi) is 5.10. The molecule has 1 aromatic carbocycles. The number of aromatic nitrogens is 1. The fourth-order valence-corrected chi connectivity index (χ4v) is 2.62. The van der Waals surface area contributed by atoms with Gasteiger partial charge in [0, 0.05) is 24.5 Å². The Morgan fingerprint density at radius 2 is 1.71 bits per heavy atom. The van der Waals surface area contributed by atoms with Crippen molar-refractivity contribution in [3.8, 4) is 11.1 Å². The van der Waals surface area contributed by atoms with Crippen molar-refractivity contribution in [3.63, 3.8) is 0 Å². The van der Waals surface area contributed by atoms with Crippen LogP contribution in [0, 0.1) is 12.8 Å². The van der Waals surface area contributed by atoms with Crippen molar-refractivity contribution >= 4 is 0 Å². The molecule has 0 saturated carbocycles. The summed E-state index contributed by atoms with van der Waals surface area (Å²) in [6.07, 6.45) is 0.986. The van der Waals surface area contributed by atoms with E-state index < -0.39 is 0 Å². The first-order chi connectivity index (χ1) is 10.0. The van der Waals surface area contributed by atoms with Crippen LogP contribution in [-0.4, -0.2) is 4.98 Å². The van der Waals surface area contributed by atoms with Gasteiger partial charge in [0.05, 0.1) is 0 Å². The van der Waals surface area contributed by atoms with Gasteiger partial charge in [-0.15, -0.1) is 0 Å². The van der Waals surface area contributed by atoms with E-state index >= 15 is 0 Å². The third kappa shape index (κ3) is 3.69. The Bertz CT molecular complexity index is 601. The molecule has 4 N–H and O–H groups in total. The van der Waals surface area contributed by atoms with Crippen LogP contribution in [0.1, 0.15) is 36.4 Å². The van der Waals surface area contributed by atoms with Gasteiger partial charge in [-0.3, -0.25) is 4.98 Å². The van der Waals surface area contributed by atoms with E-state index in [4.69, 9.17) is 16.5 Å². The van der Waals surface area contributed by atoms with Crippen molar-refractivity contribution in [2.24, 2.45) is 17.4 Å². The molecule has 0 fully saturated rings. The Labute approximate surface area is 127 Å². The minimum atomic E-state index is 0.509. The van der Waals surface area contributed by atoms with Gasteiger partial charge in [-0.1, -0.05) is 38.1 Å². The summed E-state index contributed by atoms with van der Waals surface area (Å²) in [5.41, 5.74) is 18.4. The van der Waals surface area contributed by atoms with Gasteiger partial charge in [0.15, 0.2) is 0 Å². The number of pyridine rings is 1. The van der Waals surface area contributed by atoms with Gasteiger partial charge in [-0.05, 0) is 47.6 Å². The van der Waals surface area contributed by atoms with Crippen LogP contribution in [0.5, 0.6) is 0 Å². The molecule has 0 radical (unpaired) electrons. The van der Waals surface area contributed by atoms with Crippen molar-refractivity contribution in [1.29, 1.82) is 0 Å². The topological polar surface area (TPSA) is 64.9 Å². The molecule has 0 bridgehead atoms. The van der Waals surface area contributed by atoms with Crippen LogP contribution in [0.4, 0.5) is 0 Å². The van der Waals surface area contributed by atoms with E-state index in [1.807, 2.05) is 6.92 Å². The van der Waals surface area contributed by atoms with Crippen LogP contribution in [0.3, 0.4) is 0 Å². The number of hydrogen-bond donors (Lipinski definition) is 2. The predicted octanol–water partition coefficient (Wildman–Crippen LogP) is 3.17. The summed E-state index contributed by atoms with van der Waals surface area (Å²) >= 11 is 0. The molecule has 0 aliphatic carbocycles. The van der Waals surface area contributed by atoms with Crippen LogP contribution in [-0.2, 0) is 19.5 Å². The first-order valence-electron chi connectivity index (χ1n) is 7.54. The van der Waals surface area contributed by atoms with Crippen LogP contribution < -0.4 is 11.5 Å². The minimum Gasteiger partial charge on any atom is -0.326 e. The number of hydrogen-bond acceptors (Lipinski definition) is 3. The summed E-state index contributed by atoms with van der Waals surface area (Å²) < 4.78 is 0. The summed E-state index contributed by atoms with van der Waals surface area (Å²) in [6.45, 7) is 7.55. The summed E-state index contributed by atoms with van der Waals surface area (Å²) in [6, 6.07) is 10.6. The SMILES string of the molecule is Cc1nc(CC(C)C)cc(-c2ccc(CN)cc2)c1CN. The van der Waals surface area contributed by atoms with Gasteiger partial charge >= 0.3 is 0 Å². The summed E-state index contributed by atoms with van der Waals surface area (Å²) in [4.78, 5) is 4.70. The fraction of sp³-hybridized carbons (Fsp3) is 0.389. The molecule has 1 heterocycles. The lowest BCUT2D eigenvalue weighted by atomic mass is 9.95. The highest BCUT2D eigenvalue weighted by atomic mass is 14.7. The highest BCUT2D eigenvalue weighted by Crippen LogP contribution is 2.27. The maximum absolute atomic E-state index is 5.94. The average molecular weight is 283 g/mol. The summed E-state index contributed by atoms with van der Waals surface area (Å²) in [7, 11) is 0. The van der Waals surface area contributed by atoms with Crippen molar-refractivity contribution in [1.82, 2.24) is 4.98 Å². The molecular weight excluding hydrogens is 258 g/mol. The standard InChI is InChI=1S/C18H25N3/c1-12(2)8-16-9-17(18(11-20)13(3)21-16)15-6-4-14(10-19)5-7-15/h4-7,9,12H,8,10-11,19-20H2,1-3H3. The van der Waals surface area contributed by atoms with E-state index in [0.29, 0.717) is 19.0 Å². The maximum atomic E-state index is 5.94. The zero-order valence-electron chi connectivity index (χ0n) is 13.2. The number of aryl methyl sites for hydroxylation is 1. The van der Waals surface area contributed by atoms with Crippen LogP contribution in [0.25, 0.3) is 11.1 Å². The lowest BCUT2D eigenvalue weighted by Gasteiger charge is -2.15. The highest BCUT2D eigenvalue weighted by molar-refractivity contribution is 5.68. The van der Waals surface area contributed by atoms with Crippen molar-refractivity contribution in [2.45, 2.75) is 40.3 Å².